The van der Waals surface area contributed by atoms with E-state index in [0.717, 1.165) is 25.9 Å². The van der Waals surface area contributed by atoms with E-state index in [1.807, 2.05) is 6.07 Å². The number of amides is 1. The SMILES string of the molecule is N#C/C(=C/N1CCCCCC1)C(=O)Nc1cccc(Cl)c1. The Bertz CT molecular complexity index is 569. The summed E-state index contributed by atoms with van der Waals surface area (Å²) >= 11 is 5.88. The van der Waals surface area contributed by atoms with Crippen LogP contribution in [0.25, 0.3) is 0 Å². The summed E-state index contributed by atoms with van der Waals surface area (Å²) in [5.74, 6) is -0.399. The zero-order valence-corrected chi connectivity index (χ0v) is 12.6. The molecule has 1 aromatic carbocycles. The largest absolute Gasteiger partial charge is 0.376 e. The minimum Gasteiger partial charge on any atom is -0.376 e. The summed E-state index contributed by atoms with van der Waals surface area (Å²) in [6, 6.07) is 8.86. The molecule has 1 aromatic rings. The second-order valence-electron chi connectivity index (χ2n) is 5.07. The molecule has 1 fully saturated rings. The van der Waals surface area contributed by atoms with Crippen molar-refractivity contribution in [3.63, 3.8) is 0 Å². The van der Waals surface area contributed by atoms with Crippen molar-refractivity contribution < 1.29 is 4.79 Å². The number of nitriles is 1. The van der Waals surface area contributed by atoms with Gasteiger partial charge in [0.05, 0.1) is 0 Å². The van der Waals surface area contributed by atoms with Gasteiger partial charge in [-0.3, -0.25) is 4.79 Å². The summed E-state index contributed by atoms with van der Waals surface area (Å²) in [5, 5.41) is 12.4. The lowest BCUT2D eigenvalue weighted by molar-refractivity contribution is -0.112. The van der Waals surface area contributed by atoms with Crippen molar-refractivity contribution in [2.75, 3.05) is 18.4 Å². The van der Waals surface area contributed by atoms with Gasteiger partial charge in [-0.15, -0.1) is 0 Å². The minimum atomic E-state index is -0.399. The Morgan fingerprint density at radius 3 is 2.62 bits per heavy atom. The second-order valence-corrected chi connectivity index (χ2v) is 5.51. The minimum absolute atomic E-state index is 0.122. The van der Waals surface area contributed by atoms with Crippen molar-refractivity contribution in [1.29, 1.82) is 5.26 Å². The van der Waals surface area contributed by atoms with Crippen LogP contribution in [-0.4, -0.2) is 23.9 Å². The molecule has 1 heterocycles. The number of benzene rings is 1. The lowest BCUT2D eigenvalue weighted by atomic mass is 10.2. The van der Waals surface area contributed by atoms with Crippen molar-refractivity contribution >= 4 is 23.2 Å². The van der Waals surface area contributed by atoms with Gasteiger partial charge in [-0.05, 0) is 31.0 Å². The second kappa shape index (κ2) is 7.70. The van der Waals surface area contributed by atoms with E-state index in [4.69, 9.17) is 11.6 Å². The van der Waals surface area contributed by atoms with Gasteiger partial charge in [-0.2, -0.15) is 5.26 Å². The maximum absolute atomic E-state index is 12.1. The molecule has 0 aromatic heterocycles. The Hall–Kier alpha value is -1.99. The van der Waals surface area contributed by atoms with Gasteiger partial charge in [-0.25, -0.2) is 0 Å². The molecular weight excluding hydrogens is 286 g/mol. The Kier molecular flexibility index (Phi) is 5.65. The predicted octanol–water partition coefficient (Wildman–Crippen LogP) is 3.56. The molecule has 0 radical (unpaired) electrons. The average molecular weight is 304 g/mol. The summed E-state index contributed by atoms with van der Waals surface area (Å²) in [6.07, 6.45) is 6.29. The molecule has 1 amide bonds. The van der Waals surface area contributed by atoms with Crippen molar-refractivity contribution in [2.24, 2.45) is 0 Å². The first-order valence-corrected chi connectivity index (χ1v) is 7.50. The number of anilines is 1. The number of carbonyl (C=O) groups is 1. The van der Waals surface area contributed by atoms with Crippen molar-refractivity contribution in [1.82, 2.24) is 4.90 Å². The van der Waals surface area contributed by atoms with Crippen LogP contribution < -0.4 is 5.32 Å². The lowest BCUT2D eigenvalue weighted by Crippen LogP contribution is -2.22. The van der Waals surface area contributed by atoms with Crippen molar-refractivity contribution in [2.45, 2.75) is 25.7 Å². The fraction of sp³-hybridized carbons (Fsp3) is 0.375. The van der Waals surface area contributed by atoms with E-state index in [2.05, 4.69) is 10.2 Å². The summed E-state index contributed by atoms with van der Waals surface area (Å²) < 4.78 is 0. The molecule has 1 saturated heterocycles. The molecular formula is C16H18ClN3O. The topological polar surface area (TPSA) is 56.1 Å². The van der Waals surface area contributed by atoms with E-state index in [0.29, 0.717) is 10.7 Å². The van der Waals surface area contributed by atoms with Gasteiger partial charge < -0.3 is 10.2 Å². The van der Waals surface area contributed by atoms with E-state index in [1.165, 1.54) is 12.8 Å². The molecule has 1 N–H and O–H groups in total. The number of nitrogens with one attached hydrogen (secondary N) is 1. The van der Waals surface area contributed by atoms with Crippen LogP contribution >= 0.6 is 11.6 Å². The first-order chi connectivity index (χ1) is 10.2. The third kappa shape index (κ3) is 4.80. The van der Waals surface area contributed by atoms with E-state index >= 15 is 0 Å². The fourth-order valence-corrected chi connectivity index (χ4v) is 2.50. The van der Waals surface area contributed by atoms with Crippen LogP contribution in [0.3, 0.4) is 0 Å². The average Bonchev–Trinajstić information content (AvgIpc) is 2.73. The van der Waals surface area contributed by atoms with Crippen LogP contribution in [0.2, 0.25) is 5.02 Å². The molecule has 4 nitrogen and oxygen atoms in total. The summed E-state index contributed by atoms with van der Waals surface area (Å²) in [7, 11) is 0. The zero-order chi connectivity index (χ0) is 15.1. The van der Waals surface area contributed by atoms with E-state index in [1.54, 1.807) is 30.5 Å². The van der Waals surface area contributed by atoms with Crippen molar-refractivity contribution in [3.8, 4) is 6.07 Å². The number of nitrogens with zero attached hydrogens (tertiary/aromatic N) is 2. The fourth-order valence-electron chi connectivity index (χ4n) is 2.31. The van der Waals surface area contributed by atoms with Crippen LogP contribution in [0.4, 0.5) is 5.69 Å². The standard InChI is InChI=1S/C16H18ClN3O/c17-14-6-5-7-15(10-14)19-16(21)13(11-18)12-20-8-3-1-2-4-9-20/h5-7,10,12H,1-4,8-9H2,(H,19,21)/b13-12-. The normalized spacial score (nSPS) is 16.0. The summed E-state index contributed by atoms with van der Waals surface area (Å²) in [5.41, 5.74) is 0.710. The third-order valence-electron chi connectivity index (χ3n) is 3.40. The van der Waals surface area contributed by atoms with Crippen LogP contribution in [0.15, 0.2) is 36.0 Å². The highest BCUT2D eigenvalue weighted by molar-refractivity contribution is 6.31. The molecule has 1 aliphatic rings. The molecule has 0 unspecified atom stereocenters. The lowest BCUT2D eigenvalue weighted by Gasteiger charge is -2.17. The molecule has 0 bridgehead atoms. The molecule has 1 aliphatic heterocycles. The molecule has 5 heteroatoms. The molecule has 21 heavy (non-hydrogen) atoms. The first-order valence-electron chi connectivity index (χ1n) is 7.12. The highest BCUT2D eigenvalue weighted by Crippen LogP contribution is 2.16. The number of likely N-dealkylation sites (tertiary alicyclic amines) is 1. The number of hydrogen-bond acceptors (Lipinski definition) is 3. The van der Waals surface area contributed by atoms with Gasteiger partial charge >= 0.3 is 0 Å². The van der Waals surface area contributed by atoms with Gasteiger partial charge in [-0.1, -0.05) is 30.5 Å². The molecule has 110 valence electrons. The highest BCUT2D eigenvalue weighted by atomic mass is 35.5. The number of hydrogen-bond donors (Lipinski definition) is 1. The monoisotopic (exact) mass is 303 g/mol. The van der Waals surface area contributed by atoms with Crippen molar-refractivity contribution in [3.05, 3.63) is 41.1 Å². The maximum Gasteiger partial charge on any atom is 0.267 e. The van der Waals surface area contributed by atoms with E-state index in [-0.39, 0.29) is 5.57 Å². The Morgan fingerprint density at radius 2 is 2.00 bits per heavy atom. The highest BCUT2D eigenvalue weighted by Gasteiger charge is 2.13. The molecule has 2 rings (SSSR count). The van der Waals surface area contributed by atoms with Crippen LogP contribution in [0, 0.1) is 11.3 Å². The van der Waals surface area contributed by atoms with Gasteiger partial charge in [0.25, 0.3) is 5.91 Å². The van der Waals surface area contributed by atoms with E-state index < -0.39 is 5.91 Å². The van der Waals surface area contributed by atoms with Gasteiger partial charge in [0.2, 0.25) is 0 Å². The maximum atomic E-state index is 12.1. The number of carbonyl (C=O) groups excluding carboxylic acids is 1. The predicted molar refractivity (Wildman–Crippen MR) is 83.8 cm³/mol. The molecule has 0 aliphatic carbocycles. The Labute approximate surface area is 130 Å². The van der Waals surface area contributed by atoms with Gasteiger partial charge in [0, 0.05) is 30.0 Å². The van der Waals surface area contributed by atoms with Crippen LogP contribution in [0.1, 0.15) is 25.7 Å². The summed E-state index contributed by atoms with van der Waals surface area (Å²) in [6.45, 7) is 1.80. The van der Waals surface area contributed by atoms with E-state index in [9.17, 15) is 10.1 Å². The van der Waals surface area contributed by atoms with Crippen LogP contribution in [-0.2, 0) is 4.79 Å². The summed E-state index contributed by atoms with van der Waals surface area (Å²) in [4.78, 5) is 14.2. The zero-order valence-electron chi connectivity index (χ0n) is 11.8. The number of halogens is 1. The quantitative estimate of drug-likeness (QED) is 0.686. The van der Waals surface area contributed by atoms with Crippen LogP contribution in [0.5, 0.6) is 0 Å². The third-order valence-corrected chi connectivity index (χ3v) is 3.63. The Morgan fingerprint density at radius 1 is 1.29 bits per heavy atom. The van der Waals surface area contributed by atoms with Gasteiger partial charge in [0.1, 0.15) is 11.6 Å². The molecule has 0 atom stereocenters. The van der Waals surface area contributed by atoms with Gasteiger partial charge in [0.15, 0.2) is 0 Å². The first kappa shape index (κ1) is 15.4. The molecule has 0 spiro atoms. The smallest absolute Gasteiger partial charge is 0.267 e. The number of rotatable bonds is 3. The molecule has 0 saturated carbocycles. The Balaban J connectivity index is 2.05.